The molecule has 2 aromatic rings. The molecule has 1 saturated heterocycles. The average Bonchev–Trinajstić information content (AvgIpc) is 3.24. The van der Waals surface area contributed by atoms with Gasteiger partial charge in [-0.15, -0.1) is 24.0 Å². The van der Waals surface area contributed by atoms with Gasteiger partial charge in [0.05, 0.1) is 0 Å². The Labute approximate surface area is 202 Å². The highest BCUT2D eigenvalue weighted by atomic mass is 127. The minimum absolute atomic E-state index is 0. The second-order valence-corrected chi connectivity index (χ2v) is 7.52. The Morgan fingerprint density at radius 1 is 1.26 bits per heavy atom. The zero-order valence-electron chi connectivity index (χ0n) is 18.7. The molecule has 1 fully saturated rings. The quantitative estimate of drug-likeness (QED) is 0.285. The molecule has 0 radical (unpaired) electrons. The van der Waals surface area contributed by atoms with Crippen LogP contribution in [0.2, 0.25) is 0 Å². The van der Waals surface area contributed by atoms with Crippen LogP contribution in [0.4, 0.5) is 0 Å². The van der Waals surface area contributed by atoms with E-state index in [2.05, 4.69) is 67.9 Å². The smallest absolute Gasteiger partial charge is 0.248 e. The van der Waals surface area contributed by atoms with Crippen molar-refractivity contribution in [3.05, 3.63) is 47.6 Å². The van der Waals surface area contributed by atoms with Crippen molar-refractivity contribution in [2.45, 2.75) is 58.8 Å². The van der Waals surface area contributed by atoms with Crippen molar-refractivity contribution in [1.82, 2.24) is 25.7 Å². The predicted octanol–water partition coefficient (Wildman–Crippen LogP) is 3.50. The van der Waals surface area contributed by atoms with E-state index in [0.29, 0.717) is 30.9 Å². The molecule has 1 aromatic carbocycles. The van der Waals surface area contributed by atoms with Gasteiger partial charge in [-0.1, -0.05) is 35.5 Å². The Balaban J connectivity index is 0.00000341. The van der Waals surface area contributed by atoms with E-state index in [1.165, 1.54) is 5.56 Å². The SMILES string of the molecule is CCNC(=NCc1nc(C(C)OCC)no1)NC1CCN(Cc2ccccc2)CC1.I. The molecule has 1 aliphatic heterocycles. The fourth-order valence-corrected chi connectivity index (χ4v) is 3.56. The molecule has 2 heterocycles. The monoisotopic (exact) mass is 542 g/mol. The zero-order chi connectivity index (χ0) is 21.2. The fraction of sp³-hybridized carbons (Fsp3) is 0.591. The molecule has 2 N–H and O–H groups in total. The van der Waals surface area contributed by atoms with Crippen molar-refractivity contribution >= 4 is 29.9 Å². The van der Waals surface area contributed by atoms with Gasteiger partial charge in [0.15, 0.2) is 11.8 Å². The second kappa shape index (κ2) is 13.6. The number of guanidine groups is 1. The third-order valence-electron chi connectivity index (χ3n) is 5.16. The van der Waals surface area contributed by atoms with Gasteiger partial charge in [-0.3, -0.25) is 4.90 Å². The van der Waals surface area contributed by atoms with Crippen LogP contribution in [0.1, 0.15) is 57.0 Å². The average molecular weight is 542 g/mol. The van der Waals surface area contributed by atoms with Gasteiger partial charge < -0.3 is 19.9 Å². The summed E-state index contributed by atoms with van der Waals surface area (Å²) >= 11 is 0. The summed E-state index contributed by atoms with van der Waals surface area (Å²) in [7, 11) is 0. The molecule has 0 aliphatic carbocycles. The highest BCUT2D eigenvalue weighted by Crippen LogP contribution is 2.15. The number of nitrogens with zero attached hydrogens (tertiary/aromatic N) is 4. The first-order chi connectivity index (χ1) is 14.7. The molecule has 0 spiro atoms. The van der Waals surface area contributed by atoms with Crippen LogP contribution in [-0.4, -0.2) is 53.3 Å². The van der Waals surface area contributed by atoms with Crippen LogP contribution in [-0.2, 0) is 17.8 Å². The van der Waals surface area contributed by atoms with Crippen molar-refractivity contribution in [2.75, 3.05) is 26.2 Å². The van der Waals surface area contributed by atoms with E-state index < -0.39 is 0 Å². The maximum Gasteiger partial charge on any atom is 0.248 e. The predicted molar refractivity (Wildman–Crippen MR) is 132 cm³/mol. The molecule has 1 unspecified atom stereocenters. The highest BCUT2D eigenvalue weighted by molar-refractivity contribution is 14.0. The lowest BCUT2D eigenvalue weighted by atomic mass is 10.0. The minimum atomic E-state index is -0.177. The summed E-state index contributed by atoms with van der Waals surface area (Å²) in [6, 6.07) is 11.1. The molecule has 1 aromatic heterocycles. The van der Waals surface area contributed by atoms with Crippen molar-refractivity contribution in [1.29, 1.82) is 0 Å². The normalized spacial score (nSPS) is 16.5. The number of halogens is 1. The van der Waals surface area contributed by atoms with Gasteiger partial charge in [-0.25, -0.2) is 4.99 Å². The molecular formula is C22H35IN6O2. The van der Waals surface area contributed by atoms with Crippen LogP contribution >= 0.6 is 24.0 Å². The van der Waals surface area contributed by atoms with E-state index in [4.69, 9.17) is 9.26 Å². The number of hydrogen-bond acceptors (Lipinski definition) is 6. The van der Waals surface area contributed by atoms with Gasteiger partial charge in [-0.05, 0) is 39.2 Å². The summed E-state index contributed by atoms with van der Waals surface area (Å²) in [4.78, 5) is 11.5. The Bertz CT molecular complexity index is 777. The molecule has 0 bridgehead atoms. The van der Waals surface area contributed by atoms with Gasteiger partial charge in [0, 0.05) is 38.8 Å². The van der Waals surface area contributed by atoms with E-state index >= 15 is 0 Å². The molecule has 31 heavy (non-hydrogen) atoms. The number of aromatic nitrogens is 2. The molecule has 9 heteroatoms. The molecule has 8 nitrogen and oxygen atoms in total. The van der Waals surface area contributed by atoms with E-state index in [1.807, 2.05) is 13.8 Å². The van der Waals surface area contributed by atoms with Gasteiger partial charge >= 0.3 is 0 Å². The first kappa shape index (κ1) is 25.5. The third-order valence-corrected chi connectivity index (χ3v) is 5.16. The molecule has 1 atom stereocenters. The fourth-order valence-electron chi connectivity index (χ4n) is 3.56. The number of piperidine rings is 1. The van der Waals surface area contributed by atoms with Crippen molar-refractivity contribution in [2.24, 2.45) is 4.99 Å². The van der Waals surface area contributed by atoms with Crippen LogP contribution < -0.4 is 10.6 Å². The largest absolute Gasteiger partial charge is 0.371 e. The number of ether oxygens (including phenoxy) is 1. The van der Waals surface area contributed by atoms with Crippen LogP contribution in [0.5, 0.6) is 0 Å². The standard InChI is InChI=1S/C22H34N6O2.HI/c1-4-23-22(24-15-20-26-21(27-30-20)17(3)29-5-2)25-19-11-13-28(14-12-19)16-18-9-7-6-8-10-18;/h6-10,17,19H,4-5,11-16H2,1-3H3,(H2,23,24,25);1H. The minimum Gasteiger partial charge on any atom is -0.371 e. The Hall–Kier alpha value is -1.72. The Morgan fingerprint density at radius 2 is 2.00 bits per heavy atom. The number of hydrogen-bond donors (Lipinski definition) is 2. The lowest BCUT2D eigenvalue weighted by Gasteiger charge is -2.33. The number of nitrogens with one attached hydrogen (secondary N) is 2. The Morgan fingerprint density at radius 3 is 2.68 bits per heavy atom. The van der Waals surface area contributed by atoms with E-state index in [-0.39, 0.29) is 30.1 Å². The molecular weight excluding hydrogens is 507 g/mol. The van der Waals surface area contributed by atoms with Gasteiger partial charge in [-0.2, -0.15) is 4.98 Å². The molecule has 172 valence electrons. The van der Waals surface area contributed by atoms with Gasteiger partial charge in [0.1, 0.15) is 12.6 Å². The van der Waals surface area contributed by atoms with E-state index in [0.717, 1.165) is 45.0 Å². The Kier molecular flexibility index (Phi) is 11.2. The van der Waals surface area contributed by atoms with E-state index in [9.17, 15) is 0 Å². The first-order valence-electron chi connectivity index (χ1n) is 10.9. The summed E-state index contributed by atoms with van der Waals surface area (Å²) in [6.45, 7) is 10.8. The van der Waals surface area contributed by atoms with Gasteiger partial charge in [0.25, 0.3) is 0 Å². The molecule has 0 amide bonds. The molecule has 1 aliphatic rings. The maximum absolute atomic E-state index is 5.50. The summed E-state index contributed by atoms with van der Waals surface area (Å²) < 4.78 is 10.8. The number of benzene rings is 1. The number of aliphatic imine (C=N–C) groups is 1. The second-order valence-electron chi connectivity index (χ2n) is 7.52. The van der Waals surface area contributed by atoms with Crippen LogP contribution in [0.3, 0.4) is 0 Å². The summed E-state index contributed by atoms with van der Waals surface area (Å²) in [5, 5.41) is 10.9. The molecule has 0 saturated carbocycles. The number of rotatable bonds is 9. The van der Waals surface area contributed by atoms with Crippen LogP contribution in [0.15, 0.2) is 39.8 Å². The van der Waals surface area contributed by atoms with E-state index in [1.54, 1.807) is 0 Å². The lowest BCUT2D eigenvalue weighted by molar-refractivity contribution is 0.0683. The lowest BCUT2D eigenvalue weighted by Crippen LogP contribution is -2.48. The van der Waals surface area contributed by atoms with Crippen LogP contribution in [0.25, 0.3) is 0 Å². The topological polar surface area (TPSA) is 87.8 Å². The van der Waals surface area contributed by atoms with Gasteiger partial charge in [0.2, 0.25) is 5.89 Å². The molecule has 3 rings (SSSR count). The highest BCUT2D eigenvalue weighted by Gasteiger charge is 2.20. The maximum atomic E-state index is 5.50. The van der Waals surface area contributed by atoms with Crippen molar-refractivity contribution in [3.8, 4) is 0 Å². The summed E-state index contributed by atoms with van der Waals surface area (Å²) in [6.07, 6.45) is 2.01. The zero-order valence-corrected chi connectivity index (χ0v) is 21.0. The summed E-state index contributed by atoms with van der Waals surface area (Å²) in [5.74, 6) is 1.84. The number of likely N-dealkylation sites (tertiary alicyclic amines) is 1. The van der Waals surface area contributed by atoms with Crippen molar-refractivity contribution < 1.29 is 9.26 Å². The summed E-state index contributed by atoms with van der Waals surface area (Å²) in [5.41, 5.74) is 1.37. The first-order valence-corrected chi connectivity index (χ1v) is 10.9. The van der Waals surface area contributed by atoms with Crippen LogP contribution in [0, 0.1) is 0 Å². The van der Waals surface area contributed by atoms with Crippen molar-refractivity contribution in [3.63, 3.8) is 0 Å². The third kappa shape index (κ3) is 8.38.